The van der Waals surface area contributed by atoms with E-state index >= 15 is 0 Å². The van der Waals surface area contributed by atoms with Crippen LogP contribution < -0.4 is 5.32 Å². The van der Waals surface area contributed by atoms with Crippen molar-refractivity contribution >= 4 is 34.9 Å². The highest BCUT2D eigenvalue weighted by Crippen LogP contribution is 2.27. The van der Waals surface area contributed by atoms with Crippen molar-refractivity contribution in [2.24, 2.45) is 0 Å². The Morgan fingerprint density at radius 1 is 1.14 bits per heavy atom. The van der Waals surface area contributed by atoms with Gasteiger partial charge in [0.15, 0.2) is 6.61 Å². The van der Waals surface area contributed by atoms with Crippen LogP contribution in [0.25, 0.3) is 11.1 Å². The second-order valence-corrected chi connectivity index (χ2v) is 5.98. The molecule has 0 saturated carbocycles. The fourth-order valence-electron chi connectivity index (χ4n) is 2.41. The molecule has 3 rings (SSSR count). The summed E-state index contributed by atoms with van der Waals surface area (Å²) in [5, 5.41) is 13.1. The number of furan rings is 1. The van der Waals surface area contributed by atoms with E-state index in [1.807, 2.05) is 30.3 Å². The van der Waals surface area contributed by atoms with Gasteiger partial charge >= 0.3 is 5.97 Å². The van der Waals surface area contributed by atoms with Crippen molar-refractivity contribution < 1.29 is 23.7 Å². The van der Waals surface area contributed by atoms with E-state index in [0.29, 0.717) is 5.56 Å². The smallest absolute Gasteiger partial charge is 0.375 e. The lowest BCUT2D eigenvalue weighted by atomic mass is 10.1. The minimum atomic E-state index is -0.797. The normalized spacial score (nSPS) is 10.3. The van der Waals surface area contributed by atoms with Crippen molar-refractivity contribution in [2.75, 3.05) is 11.9 Å². The van der Waals surface area contributed by atoms with Gasteiger partial charge in [-0.2, -0.15) is 0 Å². The van der Waals surface area contributed by atoms with E-state index in [2.05, 4.69) is 5.32 Å². The van der Waals surface area contributed by atoms with Gasteiger partial charge in [0, 0.05) is 17.7 Å². The van der Waals surface area contributed by atoms with E-state index in [4.69, 9.17) is 20.8 Å². The van der Waals surface area contributed by atoms with Crippen LogP contribution in [0, 0.1) is 10.1 Å². The van der Waals surface area contributed by atoms with Crippen LogP contribution in [0.2, 0.25) is 5.02 Å². The van der Waals surface area contributed by atoms with Crippen LogP contribution in [-0.4, -0.2) is 23.4 Å². The minimum Gasteiger partial charge on any atom is -0.457 e. The van der Waals surface area contributed by atoms with Gasteiger partial charge in [-0.25, -0.2) is 4.79 Å². The lowest BCUT2D eigenvalue weighted by Gasteiger charge is -2.08. The van der Waals surface area contributed by atoms with Crippen molar-refractivity contribution in [1.82, 2.24) is 0 Å². The number of nitrogens with zero attached hydrogens (tertiary/aromatic N) is 1. The van der Waals surface area contributed by atoms with Crippen LogP contribution >= 0.6 is 11.6 Å². The number of anilines is 1. The highest BCUT2D eigenvalue weighted by molar-refractivity contribution is 6.34. The minimum absolute atomic E-state index is 0.00808. The Morgan fingerprint density at radius 3 is 2.57 bits per heavy atom. The molecule has 0 aliphatic heterocycles. The first-order chi connectivity index (χ1) is 13.5. The fraction of sp³-hybridized carbons (Fsp3) is 0.0526. The zero-order valence-electron chi connectivity index (χ0n) is 14.3. The number of rotatable bonds is 6. The molecule has 0 unspecified atom stereocenters. The number of hydrogen-bond donors (Lipinski definition) is 1. The summed E-state index contributed by atoms with van der Waals surface area (Å²) in [6, 6.07) is 14.3. The average molecular weight is 401 g/mol. The van der Waals surface area contributed by atoms with Crippen LogP contribution in [0.15, 0.2) is 65.3 Å². The van der Waals surface area contributed by atoms with Crippen LogP contribution in [0.3, 0.4) is 0 Å². The zero-order chi connectivity index (χ0) is 20.1. The number of nitro groups is 1. The zero-order valence-corrected chi connectivity index (χ0v) is 15.0. The first-order valence-corrected chi connectivity index (χ1v) is 8.37. The molecule has 1 N–H and O–H groups in total. The molecule has 142 valence electrons. The molecule has 1 aromatic heterocycles. The lowest BCUT2D eigenvalue weighted by Crippen LogP contribution is -2.21. The average Bonchev–Trinajstić information content (AvgIpc) is 3.18. The number of halogens is 1. The number of benzene rings is 2. The van der Waals surface area contributed by atoms with Gasteiger partial charge in [0.2, 0.25) is 5.76 Å². The van der Waals surface area contributed by atoms with Crippen LogP contribution in [0.5, 0.6) is 0 Å². The molecular weight excluding hydrogens is 388 g/mol. The number of ether oxygens (including phenoxy) is 1. The molecule has 3 aromatic rings. The third-order valence-electron chi connectivity index (χ3n) is 3.71. The lowest BCUT2D eigenvalue weighted by molar-refractivity contribution is -0.384. The molecule has 0 aliphatic rings. The van der Waals surface area contributed by atoms with E-state index in [1.165, 1.54) is 18.4 Å². The topological polar surface area (TPSA) is 112 Å². The Balaban J connectivity index is 1.62. The van der Waals surface area contributed by atoms with E-state index in [-0.39, 0.29) is 22.2 Å². The number of amides is 1. The molecule has 0 atom stereocenters. The SMILES string of the molecule is O=C(COC(=O)c1occc1-c1ccccc1)Nc1ccc([N+](=O)[O-])cc1Cl. The van der Waals surface area contributed by atoms with Gasteiger partial charge in [-0.3, -0.25) is 14.9 Å². The van der Waals surface area contributed by atoms with Crippen molar-refractivity contribution in [3.05, 3.63) is 81.8 Å². The second kappa shape index (κ2) is 8.36. The number of carbonyl (C=O) groups is 2. The monoisotopic (exact) mass is 400 g/mol. The van der Waals surface area contributed by atoms with Crippen molar-refractivity contribution in [1.29, 1.82) is 0 Å². The largest absolute Gasteiger partial charge is 0.457 e. The summed E-state index contributed by atoms with van der Waals surface area (Å²) in [6.07, 6.45) is 1.36. The summed E-state index contributed by atoms with van der Waals surface area (Å²) >= 11 is 5.91. The number of non-ortho nitro benzene ring substituents is 1. The quantitative estimate of drug-likeness (QED) is 0.375. The molecule has 1 heterocycles. The predicted octanol–water partition coefficient (Wildman–Crippen LogP) is 4.30. The molecular formula is C19H13ClN2O6. The summed E-state index contributed by atoms with van der Waals surface area (Å²) in [7, 11) is 0. The molecule has 0 radical (unpaired) electrons. The molecule has 2 aromatic carbocycles. The van der Waals surface area contributed by atoms with E-state index < -0.39 is 23.4 Å². The van der Waals surface area contributed by atoms with Crippen LogP contribution in [-0.2, 0) is 9.53 Å². The maximum absolute atomic E-state index is 12.2. The van der Waals surface area contributed by atoms with Gasteiger partial charge in [0.25, 0.3) is 11.6 Å². The number of hydrogen-bond acceptors (Lipinski definition) is 6. The van der Waals surface area contributed by atoms with Crippen LogP contribution in [0.4, 0.5) is 11.4 Å². The second-order valence-electron chi connectivity index (χ2n) is 5.57. The van der Waals surface area contributed by atoms with Crippen molar-refractivity contribution in [3.63, 3.8) is 0 Å². The number of nitrogens with one attached hydrogen (secondary N) is 1. The van der Waals surface area contributed by atoms with E-state index in [0.717, 1.165) is 11.6 Å². The Bertz CT molecular complexity index is 1030. The van der Waals surface area contributed by atoms with Gasteiger partial charge in [-0.15, -0.1) is 0 Å². The third-order valence-corrected chi connectivity index (χ3v) is 4.02. The maximum Gasteiger partial charge on any atom is 0.375 e. The van der Waals surface area contributed by atoms with E-state index in [9.17, 15) is 19.7 Å². The van der Waals surface area contributed by atoms with Gasteiger partial charge in [-0.1, -0.05) is 41.9 Å². The highest BCUT2D eigenvalue weighted by Gasteiger charge is 2.20. The van der Waals surface area contributed by atoms with E-state index in [1.54, 1.807) is 6.07 Å². The first-order valence-electron chi connectivity index (χ1n) is 7.99. The number of nitro benzene ring substituents is 1. The predicted molar refractivity (Wildman–Crippen MR) is 101 cm³/mol. The Hall–Kier alpha value is -3.65. The molecule has 28 heavy (non-hydrogen) atoms. The van der Waals surface area contributed by atoms with Crippen LogP contribution in [0.1, 0.15) is 10.6 Å². The molecule has 0 bridgehead atoms. The fourth-order valence-corrected chi connectivity index (χ4v) is 2.64. The summed E-state index contributed by atoms with van der Waals surface area (Å²) in [5.74, 6) is -1.47. The van der Waals surface area contributed by atoms with Crippen molar-refractivity contribution in [3.8, 4) is 11.1 Å². The standard InChI is InChI=1S/C19H13ClN2O6/c20-15-10-13(22(25)26)6-7-16(15)21-17(23)11-28-19(24)18-14(8-9-27-18)12-4-2-1-3-5-12/h1-10H,11H2,(H,21,23). The summed E-state index contributed by atoms with van der Waals surface area (Å²) < 4.78 is 10.2. The van der Waals surface area contributed by atoms with Gasteiger partial charge in [0.05, 0.1) is 21.9 Å². The Morgan fingerprint density at radius 2 is 1.89 bits per heavy atom. The molecule has 1 amide bonds. The summed E-state index contributed by atoms with van der Waals surface area (Å²) in [5.41, 5.74) is 1.27. The summed E-state index contributed by atoms with van der Waals surface area (Å²) in [4.78, 5) is 34.3. The molecule has 9 heteroatoms. The first kappa shape index (κ1) is 19.1. The molecule has 0 saturated heterocycles. The highest BCUT2D eigenvalue weighted by atomic mass is 35.5. The van der Waals surface area contributed by atoms with Crippen molar-refractivity contribution in [2.45, 2.75) is 0 Å². The Kier molecular flexibility index (Phi) is 5.71. The summed E-state index contributed by atoms with van der Waals surface area (Å²) in [6.45, 7) is -0.582. The molecule has 8 nitrogen and oxygen atoms in total. The number of esters is 1. The maximum atomic E-state index is 12.2. The Labute approximate surface area is 163 Å². The molecule has 0 aliphatic carbocycles. The number of carbonyl (C=O) groups excluding carboxylic acids is 2. The van der Waals surface area contributed by atoms with Gasteiger partial charge < -0.3 is 14.5 Å². The molecule has 0 fully saturated rings. The molecule has 0 spiro atoms. The van der Waals surface area contributed by atoms with Gasteiger partial charge in [0.1, 0.15) is 0 Å². The van der Waals surface area contributed by atoms with Gasteiger partial charge in [-0.05, 0) is 17.7 Å². The third kappa shape index (κ3) is 4.36.